The van der Waals surface area contributed by atoms with Crippen LogP contribution in [0.2, 0.25) is 0 Å². The predicted octanol–water partition coefficient (Wildman–Crippen LogP) is 5.52. The summed E-state index contributed by atoms with van der Waals surface area (Å²) in [6.45, 7) is 4.48. The molecule has 0 spiro atoms. The van der Waals surface area contributed by atoms with E-state index in [0.29, 0.717) is 18.7 Å². The summed E-state index contributed by atoms with van der Waals surface area (Å²) in [7, 11) is 3.99. The van der Waals surface area contributed by atoms with Gasteiger partial charge in [-0.15, -0.1) is 0 Å². The van der Waals surface area contributed by atoms with Crippen molar-refractivity contribution < 1.29 is 14.3 Å². The van der Waals surface area contributed by atoms with E-state index in [1.165, 1.54) is 51.4 Å². The van der Waals surface area contributed by atoms with Crippen LogP contribution in [0.15, 0.2) is 24.3 Å². The lowest BCUT2D eigenvalue weighted by Gasteiger charge is -2.12. The zero-order valence-electron chi connectivity index (χ0n) is 20.6. The molecule has 1 aromatic rings. The van der Waals surface area contributed by atoms with Gasteiger partial charge in [-0.3, -0.25) is 4.79 Å². The smallest absolute Gasteiger partial charge is 0.407 e. The maximum absolute atomic E-state index is 12.6. The number of amides is 2. The molecule has 32 heavy (non-hydrogen) atoms. The second kappa shape index (κ2) is 18.5. The van der Waals surface area contributed by atoms with E-state index >= 15 is 0 Å². The fourth-order valence-corrected chi connectivity index (χ4v) is 3.56. The minimum Gasteiger partial charge on any atom is -0.445 e. The zero-order chi connectivity index (χ0) is 23.4. The number of hydrogen-bond acceptors (Lipinski definition) is 4. The van der Waals surface area contributed by atoms with Crippen LogP contribution in [0.4, 0.5) is 4.79 Å². The maximum Gasteiger partial charge on any atom is 0.407 e. The number of benzene rings is 1. The molecular formula is C26H45N3O3. The van der Waals surface area contributed by atoms with Crippen LogP contribution in [-0.4, -0.2) is 50.6 Å². The van der Waals surface area contributed by atoms with Crippen molar-refractivity contribution in [1.29, 1.82) is 0 Å². The van der Waals surface area contributed by atoms with Gasteiger partial charge in [0.25, 0.3) is 5.91 Å². The van der Waals surface area contributed by atoms with Crippen LogP contribution in [0.3, 0.4) is 0 Å². The van der Waals surface area contributed by atoms with Gasteiger partial charge in [0, 0.05) is 24.2 Å². The molecule has 6 heteroatoms. The molecule has 0 fully saturated rings. The van der Waals surface area contributed by atoms with Crippen LogP contribution in [0.1, 0.15) is 93.5 Å². The molecule has 0 saturated heterocycles. The number of carbonyl (C=O) groups excluding carboxylic acids is 2. The molecule has 0 aliphatic carbocycles. The topological polar surface area (TPSA) is 70.7 Å². The summed E-state index contributed by atoms with van der Waals surface area (Å²) in [6, 6.07) is 7.29. The average Bonchev–Trinajstić information content (AvgIpc) is 2.79. The van der Waals surface area contributed by atoms with E-state index < -0.39 is 6.09 Å². The number of nitrogens with zero attached hydrogens (tertiary/aromatic N) is 1. The van der Waals surface area contributed by atoms with Crippen LogP contribution in [0, 0.1) is 0 Å². The fraction of sp³-hybridized carbons (Fsp3) is 0.692. The molecule has 2 N–H and O–H groups in total. The molecule has 1 aromatic carbocycles. The molecule has 0 aliphatic heterocycles. The van der Waals surface area contributed by atoms with E-state index in [-0.39, 0.29) is 12.5 Å². The first-order valence-corrected chi connectivity index (χ1v) is 12.5. The molecular weight excluding hydrogens is 402 g/mol. The molecule has 0 bridgehead atoms. The summed E-state index contributed by atoms with van der Waals surface area (Å²) >= 11 is 0. The van der Waals surface area contributed by atoms with Gasteiger partial charge in [0.1, 0.15) is 6.61 Å². The summed E-state index contributed by atoms with van der Waals surface area (Å²) in [4.78, 5) is 26.5. The Morgan fingerprint density at radius 1 is 0.812 bits per heavy atom. The molecule has 2 amide bonds. The van der Waals surface area contributed by atoms with Crippen LogP contribution < -0.4 is 10.6 Å². The third kappa shape index (κ3) is 14.1. The molecule has 6 nitrogen and oxygen atoms in total. The first-order chi connectivity index (χ1) is 15.5. The van der Waals surface area contributed by atoms with E-state index in [2.05, 4.69) is 22.5 Å². The lowest BCUT2D eigenvalue weighted by atomic mass is 10.1. The van der Waals surface area contributed by atoms with Gasteiger partial charge in [0.05, 0.1) is 0 Å². The van der Waals surface area contributed by atoms with E-state index in [1.54, 1.807) is 6.07 Å². The summed E-state index contributed by atoms with van der Waals surface area (Å²) in [5, 5.41) is 5.75. The summed E-state index contributed by atoms with van der Waals surface area (Å²) in [5.41, 5.74) is 1.29. The van der Waals surface area contributed by atoms with Crippen molar-refractivity contribution in [3.8, 4) is 0 Å². The lowest BCUT2D eigenvalue weighted by Crippen LogP contribution is -2.28. The second-order valence-corrected chi connectivity index (χ2v) is 8.75. The quantitative estimate of drug-likeness (QED) is 0.291. The van der Waals surface area contributed by atoms with Gasteiger partial charge in [-0.05, 0) is 39.5 Å². The van der Waals surface area contributed by atoms with Gasteiger partial charge in [0.2, 0.25) is 0 Å². The highest BCUT2D eigenvalue weighted by atomic mass is 16.5. The summed E-state index contributed by atoms with van der Waals surface area (Å²) < 4.78 is 5.29. The Morgan fingerprint density at radius 3 is 2.06 bits per heavy atom. The Balaban J connectivity index is 2.21. The summed E-state index contributed by atoms with van der Waals surface area (Å²) in [5.74, 6) is -0.105. The van der Waals surface area contributed by atoms with Crippen molar-refractivity contribution in [2.75, 3.05) is 33.7 Å². The largest absolute Gasteiger partial charge is 0.445 e. The highest BCUT2D eigenvalue weighted by molar-refractivity contribution is 5.95. The molecule has 0 saturated carbocycles. The highest BCUT2D eigenvalue weighted by Gasteiger charge is 2.12. The molecule has 0 heterocycles. The number of carbonyl (C=O) groups is 2. The second-order valence-electron chi connectivity index (χ2n) is 8.75. The van der Waals surface area contributed by atoms with Gasteiger partial charge in [-0.1, -0.05) is 82.9 Å². The predicted molar refractivity (Wildman–Crippen MR) is 132 cm³/mol. The number of ether oxygens (including phenoxy) is 1. The number of alkyl carbamates (subject to hydrolysis) is 1. The van der Waals surface area contributed by atoms with Crippen molar-refractivity contribution in [3.05, 3.63) is 35.4 Å². The minimum atomic E-state index is -0.454. The monoisotopic (exact) mass is 447 g/mol. The molecule has 1 rings (SSSR count). The molecule has 0 aromatic heterocycles. The lowest BCUT2D eigenvalue weighted by molar-refractivity contribution is 0.0946. The van der Waals surface area contributed by atoms with E-state index in [9.17, 15) is 9.59 Å². The third-order valence-electron chi connectivity index (χ3n) is 5.49. The Labute approximate surface area is 195 Å². The summed E-state index contributed by atoms with van der Waals surface area (Å²) in [6.07, 6.45) is 13.1. The number of hydrogen-bond donors (Lipinski definition) is 2. The number of nitrogens with one attached hydrogen (secondary N) is 2. The first kappa shape index (κ1) is 28.0. The molecule has 0 aliphatic rings. The molecule has 0 atom stereocenters. The molecule has 0 unspecified atom stereocenters. The van der Waals surface area contributed by atoms with E-state index in [1.807, 2.05) is 32.3 Å². The van der Waals surface area contributed by atoms with Crippen molar-refractivity contribution >= 4 is 12.0 Å². The number of rotatable bonds is 18. The van der Waals surface area contributed by atoms with Crippen LogP contribution in [-0.2, 0) is 11.3 Å². The van der Waals surface area contributed by atoms with Gasteiger partial charge in [0.15, 0.2) is 0 Å². The fourth-order valence-electron chi connectivity index (χ4n) is 3.56. The number of unbranched alkanes of at least 4 members (excludes halogenated alkanes) is 9. The van der Waals surface area contributed by atoms with Crippen molar-refractivity contribution in [2.24, 2.45) is 0 Å². The van der Waals surface area contributed by atoms with E-state index in [0.717, 1.165) is 31.4 Å². The Kier molecular flexibility index (Phi) is 16.1. The van der Waals surface area contributed by atoms with Crippen LogP contribution in [0.25, 0.3) is 0 Å². The van der Waals surface area contributed by atoms with Crippen molar-refractivity contribution in [1.82, 2.24) is 15.5 Å². The zero-order valence-corrected chi connectivity index (χ0v) is 20.6. The first-order valence-electron chi connectivity index (χ1n) is 12.5. The van der Waals surface area contributed by atoms with Crippen LogP contribution in [0.5, 0.6) is 0 Å². The van der Waals surface area contributed by atoms with Crippen molar-refractivity contribution in [3.63, 3.8) is 0 Å². The highest BCUT2D eigenvalue weighted by Crippen LogP contribution is 2.12. The van der Waals surface area contributed by atoms with Crippen molar-refractivity contribution in [2.45, 2.75) is 84.2 Å². The van der Waals surface area contributed by atoms with Gasteiger partial charge in [-0.2, -0.15) is 0 Å². The van der Waals surface area contributed by atoms with E-state index in [4.69, 9.17) is 4.74 Å². The van der Waals surface area contributed by atoms with Crippen LogP contribution >= 0.6 is 0 Å². The average molecular weight is 448 g/mol. The SMILES string of the molecule is CCCCCCCCCCCCNC(=O)c1ccccc1COC(=O)NCCCN(C)C. The maximum atomic E-state index is 12.6. The molecule has 182 valence electrons. The third-order valence-corrected chi connectivity index (χ3v) is 5.49. The van der Waals surface area contributed by atoms with Gasteiger partial charge < -0.3 is 20.3 Å². The Morgan fingerprint density at radius 2 is 1.41 bits per heavy atom. The minimum absolute atomic E-state index is 0.0847. The Bertz CT molecular complexity index is 634. The molecule has 0 radical (unpaired) electrons. The normalized spacial score (nSPS) is 10.9. The van der Waals surface area contributed by atoms with Gasteiger partial charge >= 0.3 is 6.09 Å². The van der Waals surface area contributed by atoms with Gasteiger partial charge in [-0.25, -0.2) is 4.79 Å². The standard InChI is InChI=1S/C26H45N3O3/c1-4-5-6-7-8-9-10-11-12-15-19-27-25(30)24-18-14-13-17-23(24)22-32-26(31)28-20-16-21-29(2)3/h13-14,17-18H,4-12,15-16,19-22H2,1-3H3,(H,27,30)(H,28,31). The Hall–Kier alpha value is -2.08.